The lowest BCUT2D eigenvalue weighted by Crippen LogP contribution is -2.26. The van der Waals surface area contributed by atoms with Crippen molar-refractivity contribution in [3.8, 4) is 17.3 Å². The van der Waals surface area contributed by atoms with E-state index >= 15 is 0 Å². The molecule has 0 aliphatic heterocycles. The lowest BCUT2D eigenvalue weighted by molar-refractivity contribution is -0.137. The van der Waals surface area contributed by atoms with Gasteiger partial charge in [-0.05, 0) is 31.2 Å². The van der Waals surface area contributed by atoms with Crippen LogP contribution < -0.4 is 5.56 Å². The van der Waals surface area contributed by atoms with Gasteiger partial charge in [-0.15, -0.1) is 0 Å². The summed E-state index contributed by atoms with van der Waals surface area (Å²) in [4.78, 5) is 12.7. The molecule has 3 rings (SSSR count). The van der Waals surface area contributed by atoms with Crippen molar-refractivity contribution < 1.29 is 13.2 Å². The van der Waals surface area contributed by atoms with Crippen LogP contribution >= 0.6 is 0 Å². The number of hydrogen-bond acceptors (Lipinski definition) is 3. The minimum atomic E-state index is -4.80. The summed E-state index contributed by atoms with van der Waals surface area (Å²) in [6.45, 7) is 2.05. The van der Waals surface area contributed by atoms with Gasteiger partial charge in [0.25, 0.3) is 5.56 Å². The summed E-state index contributed by atoms with van der Waals surface area (Å²) in [7, 11) is 0. The van der Waals surface area contributed by atoms with E-state index < -0.39 is 22.9 Å². The van der Waals surface area contributed by atoms with Crippen LogP contribution in [0.5, 0.6) is 0 Å². The number of rotatable bonds is 2. The molecule has 1 aromatic heterocycles. The van der Waals surface area contributed by atoms with Gasteiger partial charge in [0.15, 0.2) is 0 Å². The molecule has 1 aromatic carbocycles. The molecule has 1 saturated carbocycles. The second-order valence-electron chi connectivity index (χ2n) is 6.42. The fourth-order valence-electron chi connectivity index (χ4n) is 3.10. The summed E-state index contributed by atoms with van der Waals surface area (Å²) in [6, 6.07) is 10.5. The van der Waals surface area contributed by atoms with Crippen LogP contribution in [-0.4, -0.2) is 10.4 Å². The lowest BCUT2D eigenvalue weighted by Gasteiger charge is -2.15. The highest BCUT2D eigenvalue weighted by atomic mass is 19.4. The standard InChI is InChI=1S/C19H16F3N3O/c1-12-7-8-14(9-12)24-25-17(13-5-3-2-4-6-13)10-16(19(20,21)22)15(11-23)18(25)26/h2-6,10,12H,7-9H2,1H3/b24-14+. The largest absolute Gasteiger partial charge is 0.417 e. The quantitative estimate of drug-likeness (QED) is 0.796. The fraction of sp³-hybridized carbons (Fsp3) is 0.316. The normalized spacial score (nSPS) is 18.9. The highest BCUT2D eigenvalue weighted by Crippen LogP contribution is 2.33. The SMILES string of the molecule is CC1CC/C(=N\n2c(-c3ccccc3)cc(C(F)(F)F)c(C#N)c2=O)C1. The Hall–Kier alpha value is -2.88. The average Bonchev–Trinajstić information content (AvgIpc) is 3.01. The Balaban J connectivity index is 2.31. The van der Waals surface area contributed by atoms with E-state index in [0.717, 1.165) is 22.9 Å². The van der Waals surface area contributed by atoms with E-state index in [2.05, 4.69) is 12.0 Å². The van der Waals surface area contributed by atoms with Crippen LogP contribution in [0.15, 0.2) is 46.3 Å². The summed E-state index contributed by atoms with van der Waals surface area (Å²) >= 11 is 0. The van der Waals surface area contributed by atoms with Crippen LogP contribution in [0.25, 0.3) is 11.3 Å². The van der Waals surface area contributed by atoms with E-state index in [-0.39, 0.29) is 5.69 Å². The zero-order chi connectivity index (χ0) is 18.9. The molecule has 26 heavy (non-hydrogen) atoms. The molecule has 1 fully saturated rings. The molecule has 0 amide bonds. The van der Waals surface area contributed by atoms with Gasteiger partial charge in [0.1, 0.15) is 11.6 Å². The first-order valence-corrected chi connectivity index (χ1v) is 8.20. The average molecular weight is 359 g/mol. The molecule has 4 nitrogen and oxygen atoms in total. The van der Waals surface area contributed by atoms with Crippen molar-refractivity contribution in [3.63, 3.8) is 0 Å². The Labute approximate surface area is 148 Å². The number of aromatic nitrogens is 1. The van der Waals surface area contributed by atoms with Crippen LogP contribution in [0, 0.1) is 17.2 Å². The van der Waals surface area contributed by atoms with Crippen molar-refractivity contribution >= 4 is 5.71 Å². The summed E-state index contributed by atoms with van der Waals surface area (Å²) < 4.78 is 41.0. The fourth-order valence-corrected chi connectivity index (χ4v) is 3.10. The van der Waals surface area contributed by atoms with Crippen molar-refractivity contribution in [1.29, 1.82) is 5.26 Å². The number of alkyl halides is 3. The summed E-state index contributed by atoms with van der Waals surface area (Å²) in [6.07, 6.45) is -2.52. The van der Waals surface area contributed by atoms with Crippen molar-refractivity contribution in [2.75, 3.05) is 0 Å². The molecule has 1 atom stereocenters. The summed E-state index contributed by atoms with van der Waals surface area (Å²) in [5, 5.41) is 13.5. The first kappa shape index (κ1) is 17.9. The number of hydrogen-bond donors (Lipinski definition) is 0. The minimum Gasteiger partial charge on any atom is -0.266 e. The molecule has 134 valence electrons. The molecule has 7 heteroatoms. The lowest BCUT2D eigenvalue weighted by atomic mass is 10.0. The smallest absolute Gasteiger partial charge is 0.266 e. The third kappa shape index (κ3) is 3.40. The van der Waals surface area contributed by atoms with E-state index in [1.807, 2.05) is 0 Å². The monoisotopic (exact) mass is 359 g/mol. The molecule has 1 unspecified atom stereocenters. The number of pyridine rings is 1. The van der Waals surface area contributed by atoms with Crippen molar-refractivity contribution in [3.05, 3.63) is 57.9 Å². The third-order valence-electron chi connectivity index (χ3n) is 4.42. The molecular weight excluding hydrogens is 343 g/mol. The molecular formula is C19H16F3N3O. The Morgan fingerprint density at radius 2 is 1.96 bits per heavy atom. The summed E-state index contributed by atoms with van der Waals surface area (Å²) in [5.74, 6) is 0.412. The van der Waals surface area contributed by atoms with E-state index in [1.165, 1.54) is 6.07 Å². The highest BCUT2D eigenvalue weighted by Gasteiger charge is 2.36. The van der Waals surface area contributed by atoms with Gasteiger partial charge < -0.3 is 0 Å². The minimum absolute atomic E-state index is 0.0222. The maximum Gasteiger partial charge on any atom is 0.417 e. The molecule has 1 aliphatic carbocycles. The van der Waals surface area contributed by atoms with Gasteiger partial charge in [0, 0.05) is 11.3 Å². The number of halogens is 3. The molecule has 0 N–H and O–H groups in total. The highest BCUT2D eigenvalue weighted by molar-refractivity contribution is 5.86. The van der Waals surface area contributed by atoms with Crippen LogP contribution in [-0.2, 0) is 6.18 Å². The van der Waals surface area contributed by atoms with Crippen LogP contribution in [0.1, 0.15) is 37.3 Å². The van der Waals surface area contributed by atoms with Crippen molar-refractivity contribution in [2.45, 2.75) is 32.4 Å². The van der Waals surface area contributed by atoms with Gasteiger partial charge in [-0.25, -0.2) is 0 Å². The van der Waals surface area contributed by atoms with Gasteiger partial charge >= 0.3 is 6.18 Å². The predicted octanol–water partition coefficient (Wildman–Crippen LogP) is 4.43. The molecule has 0 spiro atoms. The number of nitrogens with zero attached hydrogens (tertiary/aromatic N) is 3. The van der Waals surface area contributed by atoms with Gasteiger partial charge in [0.2, 0.25) is 0 Å². The van der Waals surface area contributed by atoms with E-state index in [1.54, 1.807) is 30.3 Å². The first-order chi connectivity index (χ1) is 12.3. The number of nitriles is 1. The molecule has 0 radical (unpaired) electrons. The van der Waals surface area contributed by atoms with Crippen LogP contribution in [0.3, 0.4) is 0 Å². The van der Waals surface area contributed by atoms with Gasteiger partial charge in [0.05, 0.1) is 11.3 Å². The summed E-state index contributed by atoms with van der Waals surface area (Å²) in [5.41, 5.74) is -2.02. The van der Waals surface area contributed by atoms with Gasteiger partial charge in [-0.2, -0.15) is 28.2 Å². The first-order valence-electron chi connectivity index (χ1n) is 8.20. The Kier molecular flexibility index (Phi) is 4.68. The maximum atomic E-state index is 13.4. The second-order valence-corrected chi connectivity index (χ2v) is 6.42. The van der Waals surface area contributed by atoms with Crippen molar-refractivity contribution in [2.24, 2.45) is 11.0 Å². The molecule has 0 bridgehead atoms. The Bertz CT molecular complexity index is 953. The maximum absolute atomic E-state index is 13.4. The van der Waals surface area contributed by atoms with Gasteiger partial charge in [-0.3, -0.25) is 4.79 Å². The van der Waals surface area contributed by atoms with Crippen LogP contribution in [0.2, 0.25) is 0 Å². The number of benzene rings is 1. The molecule has 1 heterocycles. The second kappa shape index (κ2) is 6.79. The predicted molar refractivity (Wildman–Crippen MR) is 91.7 cm³/mol. The molecule has 1 aliphatic rings. The van der Waals surface area contributed by atoms with E-state index in [4.69, 9.17) is 5.26 Å². The Morgan fingerprint density at radius 1 is 1.27 bits per heavy atom. The topological polar surface area (TPSA) is 58.1 Å². The van der Waals surface area contributed by atoms with Crippen molar-refractivity contribution in [1.82, 2.24) is 4.68 Å². The van der Waals surface area contributed by atoms with E-state index in [0.29, 0.717) is 24.3 Å². The molecule has 0 saturated heterocycles. The van der Waals surface area contributed by atoms with Crippen LogP contribution in [0.4, 0.5) is 13.2 Å². The third-order valence-corrected chi connectivity index (χ3v) is 4.42. The Morgan fingerprint density at radius 3 is 2.50 bits per heavy atom. The molecule has 2 aromatic rings. The zero-order valence-electron chi connectivity index (χ0n) is 14.0. The van der Waals surface area contributed by atoms with E-state index in [9.17, 15) is 18.0 Å². The van der Waals surface area contributed by atoms with Gasteiger partial charge in [-0.1, -0.05) is 37.3 Å². The zero-order valence-corrected chi connectivity index (χ0v) is 14.0.